The number of sulfonamides is 1. The fourth-order valence-corrected chi connectivity index (χ4v) is 5.22. The Morgan fingerprint density at radius 3 is 2.86 bits per heavy atom. The number of nitrogens with zero attached hydrogens (tertiary/aromatic N) is 2. The second kappa shape index (κ2) is 8.76. The summed E-state index contributed by atoms with van der Waals surface area (Å²) in [5.41, 5.74) is 5.75. The molecule has 0 bridgehead atoms. The minimum Gasteiger partial charge on any atom is -0.370 e. The lowest BCUT2D eigenvalue weighted by molar-refractivity contribution is 0.444. The van der Waals surface area contributed by atoms with Gasteiger partial charge in [-0.25, -0.2) is 12.7 Å². The van der Waals surface area contributed by atoms with E-state index in [9.17, 15) is 8.42 Å². The van der Waals surface area contributed by atoms with Gasteiger partial charge in [0.1, 0.15) is 0 Å². The molecule has 2 heterocycles. The van der Waals surface area contributed by atoms with E-state index < -0.39 is 10.0 Å². The predicted octanol–water partition coefficient (Wildman–Crippen LogP) is 0.574. The van der Waals surface area contributed by atoms with E-state index in [-0.39, 0.29) is 12.3 Å². The molecule has 22 heavy (non-hydrogen) atoms. The number of aliphatic imine (C=N–C) groups is 1. The molecule has 0 amide bonds. The molecular formula is C13H22N4O2S3. The average Bonchev–Trinajstić information content (AvgIpc) is 3.01. The molecule has 124 valence electrons. The van der Waals surface area contributed by atoms with Gasteiger partial charge in [-0.3, -0.25) is 4.99 Å². The molecule has 0 unspecified atom stereocenters. The third kappa shape index (κ3) is 5.79. The predicted molar refractivity (Wildman–Crippen MR) is 95.2 cm³/mol. The lowest BCUT2D eigenvalue weighted by atomic mass is 10.3. The minimum atomic E-state index is -3.20. The van der Waals surface area contributed by atoms with Crippen LogP contribution in [0.1, 0.15) is 4.88 Å². The maximum atomic E-state index is 12.1. The van der Waals surface area contributed by atoms with Crippen molar-refractivity contribution in [2.24, 2.45) is 10.7 Å². The van der Waals surface area contributed by atoms with Gasteiger partial charge in [0.25, 0.3) is 0 Å². The molecule has 1 fully saturated rings. The van der Waals surface area contributed by atoms with Gasteiger partial charge in [-0.05, 0) is 17.9 Å². The summed E-state index contributed by atoms with van der Waals surface area (Å²) in [7, 11) is -3.20. The molecular weight excluding hydrogens is 340 g/mol. The number of nitrogens with two attached hydrogens (primary N) is 1. The molecule has 0 aromatic carbocycles. The Bertz CT molecular complexity index is 566. The van der Waals surface area contributed by atoms with Crippen molar-refractivity contribution < 1.29 is 8.42 Å². The van der Waals surface area contributed by atoms with Crippen molar-refractivity contribution in [1.82, 2.24) is 9.62 Å². The van der Waals surface area contributed by atoms with Crippen LogP contribution in [0.2, 0.25) is 0 Å². The van der Waals surface area contributed by atoms with Gasteiger partial charge in [-0.15, -0.1) is 11.3 Å². The van der Waals surface area contributed by atoms with Crippen molar-refractivity contribution in [2.45, 2.75) is 6.42 Å². The normalized spacial score (nSPS) is 17.5. The number of thioether (sulfide) groups is 1. The molecule has 1 aliphatic heterocycles. The first-order chi connectivity index (χ1) is 10.6. The molecule has 0 saturated carbocycles. The summed E-state index contributed by atoms with van der Waals surface area (Å²) in [6, 6.07) is 4.09. The highest BCUT2D eigenvalue weighted by Gasteiger charge is 2.23. The second-order valence-electron chi connectivity index (χ2n) is 4.85. The summed E-state index contributed by atoms with van der Waals surface area (Å²) >= 11 is 3.49. The number of guanidine groups is 1. The summed E-state index contributed by atoms with van der Waals surface area (Å²) < 4.78 is 25.8. The zero-order valence-electron chi connectivity index (χ0n) is 12.4. The van der Waals surface area contributed by atoms with E-state index in [1.807, 2.05) is 11.4 Å². The Hall–Kier alpha value is -0.770. The summed E-state index contributed by atoms with van der Waals surface area (Å²) in [5, 5.41) is 5.05. The molecule has 1 aromatic heterocycles. The lowest BCUT2D eigenvalue weighted by Crippen LogP contribution is -2.40. The Balaban J connectivity index is 1.69. The van der Waals surface area contributed by atoms with Crippen LogP contribution < -0.4 is 11.1 Å². The van der Waals surface area contributed by atoms with Gasteiger partial charge < -0.3 is 11.1 Å². The summed E-state index contributed by atoms with van der Waals surface area (Å²) in [4.78, 5) is 5.38. The topological polar surface area (TPSA) is 87.8 Å². The fraction of sp³-hybridized carbons (Fsp3) is 0.615. The molecule has 1 saturated heterocycles. The number of hydrogen-bond acceptors (Lipinski definition) is 5. The van der Waals surface area contributed by atoms with Crippen LogP contribution >= 0.6 is 23.1 Å². The van der Waals surface area contributed by atoms with Crippen LogP contribution in [0.25, 0.3) is 0 Å². The Labute approximate surface area is 140 Å². The Morgan fingerprint density at radius 2 is 2.18 bits per heavy atom. The van der Waals surface area contributed by atoms with Crippen LogP contribution in [0, 0.1) is 0 Å². The lowest BCUT2D eigenvalue weighted by Gasteiger charge is -2.25. The van der Waals surface area contributed by atoms with E-state index in [0.29, 0.717) is 25.6 Å². The van der Waals surface area contributed by atoms with Crippen molar-refractivity contribution in [2.75, 3.05) is 43.4 Å². The molecule has 2 rings (SSSR count). The highest BCUT2D eigenvalue weighted by atomic mass is 32.2. The van der Waals surface area contributed by atoms with E-state index in [0.717, 1.165) is 17.9 Å². The zero-order valence-corrected chi connectivity index (χ0v) is 14.9. The third-order valence-corrected chi connectivity index (χ3v) is 6.98. The standard InChI is InChI=1S/C13H22N4O2S3/c14-13(15-4-3-12-2-1-8-21-12)16-5-11-22(18,19)17-6-9-20-10-7-17/h1-2,8H,3-7,9-11H2,(H3,14,15,16). The van der Waals surface area contributed by atoms with Crippen molar-refractivity contribution in [3.05, 3.63) is 22.4 Å². The van der Waals surface area contributed by atoms with Gasteiger partial charge in [0.15, 0.2) is 5.96 Å². The Morgan fingerprint density at radius 1 is 1.41 bits per heavy atom. The third-order valence-electron chi connectivity index (χ3n) is 3.25. The van der Waals surface area contributed by atoms with Gasteiger partial charge in [-0.1, -0.05) is 6.07 Å². The molecule has 0 spiro atoms. The molecule has 1 aliphatic rings. The van der Waals surface area contributed by atoms with Gasteiger partial charge in [0, 0.05) is 36.0 Å². The first-order valence-corrected chi connectivity index (χ1v) is 10.8. The number of thiophene rings is 1. The first kappa shape index (κ1) is 17.6. The van der Waals surface area contributed by atoms with E-state index >= 15 is 0 Å². The largest absolute Gasteiger partial charge is 0.370 e. The molecule has 1 aromatic rings. The molecule has 6 nitrogen and oxygen atoms in total. The number of nitrogens with one attached hydrogen (secondary N) is 1. The summed E-state index contributed by atoms with van der Waals surface area (Å²) in [6.07, 6.45) is 0.887. The second-order valence-corrected chi connectivity index (χ2v) is 9.20. The van der Waals surface area contributed by atoms with E-state index in [4.69, 9.17) is 5.73 Å². The van der Waals surface area contributed by atoms with Gasteiger partial charge in [-0.2, -0.15) is 11.8 Å². The van der Waals surface area contributed by atoms with E-state index in [1.54, 1.807) is 27.4 Å². The molecule has 0 aliphatic carbocycles. The van der Waals surface area contributed by atoms with E-state index in [2.05, 4.69) is 16.4 Å². The summed E-state index contributed by atoms with van der Waals surface area (Å²) in [6.45, 7) is 2.10. The van der Waals surface area contributed by atoms with Crippen LogP contribution in [0.3, 0.4) is 0 Å². The molecule has 3 N–H and O–H groups in total. The van der Waals surface area contributed by atoms with Gasteiger partial charge >= 0.3 is 0 Å². The van der Waals surface area contributed by atoms with Crippen LogP contribution in [0.15, 0.2) is 22.5 Å². The van der Waals surface area contributed by atoms with Crippen molar-refractivity contribution in [3.8, 4) is 0 Å². The smallest absolute Gasteiger partial charge is 0.215 e. The average molecular weight is 363 g/mol. The summed E-state index contributed by atoms with van der Waals surface area (Å²) in [5.74, 6) is 2.07. The maximum Gasteiger partial charge on any atom is 0.215 e. The first-order valence-electron chi connectivity index (χ1n) is 7.20. The minimum absolute atomic E-state index is 0.0188. The quantitative estimate of drug-likeness (QED) is 0.547. The van der Waals surface area contributed by atoms with Crippen molar-refractivity contribution >= 4 is 39.1 Å². The van der Waals surface area contributed by atoms with E-state index in [1.165, 1.54) is 4.88 Å². The number of rotatable bonds is 7. The maximum absolute atomic E-state index is 12.1. The van der Waals surface area contributed by atoms with Crippen molar-refractivity contribution in [1.29, 1.82) is 0 Å². The van der Waals surface area contributed by atoms with Crippen LogP contribution in [0.4, 0.5) is 0 Å². The van der Waals surface area contributed by atoms with Crippen LogP contribution in [0.5, 0.6) is 0 Å². The van der Waals surface area contributed by atoms with Crippen LogP contribution in [-0.4, -0.2) is 62.1 Å². The monoisotopic (exact) mass is 362 g/mol. The fourth-order valence-electron chi connectivity index (χ4n) is 2.06. The highest BCUT2D eigenvalue weighted by molar-refractivity contribution is 7.99. The van der Waals surface area contributed by atoms with Gasteiger partial charge in [0.2, 0.25) is 10.0 Å². The zero-order chi connectivity index (χ0) is 15.8. The Kier molecular flexibility index (Phi) is 7.00. The van der Waals surface area contributed by atoms with Crippen molar-refractivity contribution in [3.63, 3.8) is 0 Å². The number of hydrogen-bond donors (Lipinski definition) is 2. The SMILES string of the molecule is NC(=NCCS(=O)(=O)N1CCSCC1)NCCc1cccs1. The van der Waals surface area contributed by atoms with Crippen LogP contribution in [-0.2, 0) is 16.4 Å². The molecule has 0 atom stereocenters. The van der Waals surface area contributed by atoms with Gasteiger partial charge in [0.05, 0.1) is 12.3 Å². The highest BCUT2D eigenvalue weighted by Crippen LogP contribution is 2.13. The molecule has 9 heteroatoms. The molecule has 0 radical (unpaired) electrons.